The molecular formula is C19H20N4O3. The van der Waals surface area contributed by atoms with Gasteiger partial charge in [-0.1, -0.05) is 19.1 Å². The fourth-order valence-electron chi connectivity index (χ4n) is 3.06. The molecule has 0 saturated heterocycles. The molecule has 0 bridgehead atoms. The van der Waals surface area contributed by atoms with Crippen LogP contribution in [0.4, 0.5) is 11.4 Å². The van der Waals surface area contributed by atoms with Crippen molar-refractivity contribution in [2.45, 2.75) is 26.7 Å². The number of rotatable bonds is 5. The second-order valence-corrected chi connectivity index (χ2v) is 6.17. The average molecular weight is 352 g/mol. The van der Waals surface area contributed by atoms with Gasteiger partial charge >= 0.3 is 0 Å². The van der Waals surface area contributed by atoms with Crippen LogP contribution in [-0.2, 0) is 11.8 Å². The van der Waals surface area contributed by atoms with Gasteiger partial charge in [-0.15, -0.1) is 0 Å². The minimum atomic E-state index is -0.479. The third-order valence-electron chi connectivity index (χ3n) is 4.41. The molecule has 0 fully saturated rings. The molecule has 7 nitrogen and oxygen atoms in total. The predicted octanol–water partition coefficient (Wildman–Crippen LogP) is 4.20. The Balaban J connectivity index is 2.17. The second kappa shape index (κ2) is 6.95. The third-order valence-corrected chi connectivity index (χ3v) is 4.41. The monoisotopic (exact) mass is 352 g/mol. The number of nitrogens with zero attached hydrogens (tertiary/aromatic N) is 3. The van der Waals surface area contributed by atoms with Crippen LogP contribution in [0.25, 0.3) is 22.4 Å². The number of hydrogen-bond acceptors (Lipinski definition) is 4. The van der Waals surface area contributed by atoms with Gasteiger partial charge in [0.1, 0.15) is 11.5 Å². The summed E-state index contributed by atoms with van der Waals surface area (Å²) in [6.45, 7) is 3.65. The number of nitro groups is 1. The number of fused-ring (bicyclic) bond motifs is 1. The van der Waals surface area contributed by atoms with E-state index >= 15 is 0 Å². The summed E-state index contributed by atoms with van der Waals surface area (Å²) in [6.07, 6.45) is 0.982. The molecule has 0 aliphatic heterocycles. The van der Waals surface area contributed by atoms with Crippen LogP contribution < -0.4 is 5.32 Å². The molecule has 1 aromatic heterocycles. The zero-order chi connectivity index (χ0) is 18.8. The van der Waals surface area contributed by atoms with Crippen LogP contribution in [0.2, 0.25) is 0 Å². The summed E-state index contributed by atoms with van der Waals surface area (Å²) in [5, 5.41) is 14.1. The summed E-state index contributed by atoms with van der Waals surface area (Å²) in [7, 11) is 1.90. The molecule has 1 N–H and O–H groups in total. The molecule has 0 radical (unpaired) electrons. The summed E-state index contributed by atoms with van der Waals surface area (Å²) in [5.74, 6) is 0.463. The summed E-state index contributed by atoms with van der Waals surface area (Å²) in [4.78, 5) is 27.6. The van der Waals surface area contributed by atoms with Gasteiger partial charge in [-0.25, -0.2) is 4.98 Å². The lowest BCUT2D eigenvalue weighted by molar-refractivity contribution is -0.384. The highest BCUT2D eigenvalue weighted by Gasteiger charge is 2.22. The summed E-state index contributed by atoms with van der Waals surface area (Å²) < 4.78 is 1.95. The minimum absolute atomic E-state index is 0.116. The Kier molecular flexibility index (Phi) is 4.71. The zero-order valence-electron chi connectivity index (χ0n) is 14.9. The van der Waals surface area contributed by atoms with Crippen molar-refractivity contribution in [2.24, 2.45) is 7.05 Å². The highest BCUT2D eigenvalue weighted by Crippen LogP contribution is 2.36. The van der Waals surface area contributed by atoms with Crippen molar-refractivity contribution in [3.8, 4) is 11.4 Å². The number of imidazole rings is 1. The van der Waals surface area contributed by atoms with Crippen LogP contribution in [0.1, 0.15) is 25.3 Å². The molecule has 2 aromatic carbocycles. The summed E-state index contributed by atoms with van der Waals surface area (Å²) in [5.41, 5.74) is 3.31. The Hall–Kier alpha value is -3.22. The van der Waals surface area contributed by atoms with E-state index in [1.54, 1.807) is 13.0 Å². The molecule has 0 saturated carbocycles. The molecule has 3 rings (SSSR count). The van der Waals surface area contributed by atoms with Crippen LogP contribution in [0.5, 0.6) is 0 Å². The van der Waals surface area contributed by atoms with Gasteiger partial charge in [0.25, 0.3) is 5.69 Å². The van der Waals surface area contributed by atoms with E-state index in [-0.39, 0.29) is 17.3 Å². The van der Waals surface area contributed by atoms with Gasteiger partial charge in [-0.05, 0) is 37.1 Å². The molecule has 26 heavy (non-hydrogen) atoms. The van der Waals surface area contributed by atoms with Crippen molar-refractivity contribution in [1.29, 1.82) is 0 Å². The first-order chi connectivity index (χ1) is 12.4. The molecule has 0 aliphatic carbocycles. The molecule has 0 spiro atoms. The topological polar surface area (TPSA) is 90.1 Å². The van der Waals surface area contributed by atoms with Gasteiger partial charge in [0.05, 0.1) is 16.0 Å². The molecule has 134 valence electrons. The lowest BCUT2D eigenvalue weighted by atomic mass is 10.0. The Morgan fingerprint density at radius 2 is 2.00 bits per heavy atom. The first-order valence-electron chi connectivity index (χ1n) is 8.43. The number of hydrogen-bond donors (Lipinski definition) is 1. The van der Waals surface area contributed by atoms with Gasteiger partial charge in [-0.3, -0.25) is 14.9 Å². The maximum absolute atomic E-state index is 12.0. The third kappa shape index (κ3) is 3.03. The molecule has 0 unspecified atom stereocenters. The molecule has 0 atom stereocenters. The van der Waals surface area contributed by atoms with E-state index in [0.29, 0.717) is 24.2 Å². The van der Waals surface area contributed by atoms with Gasteiger partial charge in [0.2, 0.25) is 5.91 Å². The molecule has 0 aliphatic rings. The fourth-order valence-corrected chi connectivity index (χ4v) is 3.06. The van der Waals surface area contributed by atoms with Crippen LogP contribution in [0.3, 0.4) is 0 Å². The van der Waals surface area contributed by atoms with E-state index in [9.17, 15) is 14.9 Å². The lowest BCUT2D eigenvalue weighted by Gasteiger charge is -2.13. The second-order valence-electron chi connectivity index (χ2n) is 6.17. The normalized spacial score (nSPS) is 10.9. The summed E-state index contributed by atoms with van der Waals surface area (Å²) >= 11 is 0. The van der Waals surface area contributed by atoms with Crippen molar-refractivity contribution in [3.05, 3.63) is 52.1 Å². The van der Waals surface area contributed by atoms with Crippen molar-refractivity contribution in [2.75, 3.05) is 5.32 Å². The number of nitrogens with one attached hydrogen (secondary N) is 1. The van der Waals surface area contributed by atoms with Crippen molar-refractivity contribution in [3.63, 3.8) is 0 Å². The molecule has 1 heterocycles. The number of anilines is 1. The number of carbonyl (C=O) groups is 1. The lowest BCUT2D eigenvalue weighted by Crippen LogP contribution is -2.14. The zero-order valence-corrected chi connectivity index (χ0v) is 14.9. The molecular weight excluding hydrogens is 332 g/mol. The van der Waals surface area contributed by atoms with E-state index in [0.717, 1.165) is 16.6 Å². The molecule has 7 heteroatoms. The first kappa shape index (κ1) is 17.6. The van der Waals surface area contributed by atoms with Gasteiger partial charge in [0, 0.05) is 25.1 Å². The van der Waals surface area contributed by atoms with Gasteiger partial charge in [-0.2, -0.15) is 0 Å². The average Bonchev–Trinajstić information content (AvgIpc) is 2.93. The maximum atomic E-state index is 12.0. The van der Waals surface area contributed by atoms with Crippen molar-refractivity contribution in [1.82, 2.24) is 9.55 Å². The molecule has 3 aromatic rings. The van der Waals surface area contributed by atoms with Crippen LogP contribution in [-0.4, -0.2) is 20.4 Å². The number of aryl methyl sites for hydroxylation is 1. The predicted molar refractivity (Wildman–Crippen MR) is 101 cm³/mol. The number of benzene rings is 2. The highest BCUT2D eigenvalue weighted by atomic mass is 16.6. The Morgan fingerprint density at radius 1 is 1.27 bits per heavy atom. The van der Waals surface area contributed by atoms with E-state index in [1.165, 1.54) is 6.07 Å². The summed E-state index contributed by atoms with van der Waals surface area (Å²) in [6, 6.07) is 10.8. The standard InChI is InChI=1S/C19H20N4O3/c1-4-7-17(24)21-18-12(2)13(10-11-16(18)23(25)26)19-20-14-8-5-6-9-15(14)22(19)3/h5-6,8-11H,4,7H2,1-3H3,(H,21,24). The highest BCUT2D eigenvalue weighted by molar-refractivity contribution is 5.96. The Morgan fingerprint density at radius 3 is 2.65 bits per heavy atom. The number of amides is 1. The Bertz CT molecular complexity index is 1010. The van der Waals surface area contributed by atoms with E-state index in [2.05, 4.69) is 10.3 Å². The number of aromatic nitrogens is 2. The largest absolute Gasteiger partial charge is 0.327 e. The SMILES string of the molecule is CCCC(=O)Nc1c([N+](=O)[O-])ccc(-c2nc3ccccc3n2C)c1C. The minimum Gasteiger partial charge on any atom is -0.327 e. The smallest absolute Gasteiger partial charge is 0.293 e. The Labute approximate surface area is 150 Å². The van der Waals surface area contributed by atoms with Gasteiger partial charge < -0.3 is 9.88 Å². The quantitative estimate of drug-likeness (QED) is 0.550. The van der Waals surface area contributed by atoms with Crippen molar-refractivity contribution < 1.29 is 9.72 Å². The van der Waals surface area contributed by atoms with E-state index in [1.807, 2.05) is 42.8 Å². The van der Waals surface area contributed by atoms with E-state index in [4.69, 9.17) is 0 Å². The van der Waals surface area contributed by atoms with E-state index < -0.39 is 4.92 Å². The first-order valence-corrected chi connectivity index (χ1v) is 8.43. The maximum Gasteiger partial charge on any atom is 0.293 e. The molecule has 1 amide bonds. The van der Waals surface area contributed by atoms with Crippen LogP contribution in [0, 0.1) is 17.0 Å². The van der Waals surface area contributed by atoms with Gasteiger partial charge in [0.15, 0.2) is 0 Å². The fraction of sp³-hybridized carbons (Fsp3) is 0.263. The number of nitro benzene ring substituents is 1. The number of para-hydroxylation sites is 2. The van der Waals surface area contributed by atoms with Crippen molar-refractivity contribution >= 4 is 28.3 Å². The van der Waals surface area contributed by atoms with Crippen LogP contribution in [0.15, 0.2) is 36.4 Å². The number of carbonyl (C=O) groups excluding carboxylic acids is 1. The van der Waals surface area contributed by atoms with Crippen LogP contribution >= 0.6 is 0 Å².